The molecule has 0 bridgehead atoms. The van der Waals surface area contributed by atoms with Gasteiger partial charge in [-0.3, -0.25) is 9.69 Å². The number of aryl methyl sites for hydroxylation is 1. The van der Waals surface area contributed by atoms with Crippen LogP contribution in [0.3, 0.4) is 0 Å². The van der Waals surface area contributed by atoms with E-state index in [9.17, 15) is 4.79 Å². The number of carbonyl (C=O) groups is 1. The summed E-state index contributed by atoms with van der Waals surface area (Å²) in [4.78, 5) is 13.5. The van der Waals surface area contributed by atoms with E-state index in [1.54, 1.807) is 6.07 Å². The minimum absolute atomic E-state index is 0.0238. The Kier molecular flexibility index (Phi) is 4.77. The van der Waals surface area contributed by atoms with E-state index in [1.165, 1.54) is 0 Å². The van der Waals surface area contributed by atoms with Gasteiger partial charge in [-0.2, -0.15) is 0 Å². The molecule has 16 heavy (non-hydrogen) atoms. The molecule has 88 valence electrons. The van der Waals surface area contributed by atoms with E-state index in [2.05, 4.69) is 5.32 Å². The third kappa shape index (κ3) is 3.83. The summed E-state index contributed by atoms with van der Waals surface area (Å²) in [7, 11) is 1.90. The lowest BCUT2D eigenvalue weighted by Crippen LogP contribution is -2.29. The van der Waals surface area contributed by atoms with Crippen LogP contribution in [0.1, 0.15) is 12.5 Å². The minimum Gasteiger partial charge on any atom is -0.325 e. The van der Waals surface area contributed by atoms with Crippen LogP contribution in [0.15, 0.2) is 18.2 Å². The zero-order valence-corrected chi connectivity index (χ0v) is 10.6. The van der Waals surface area contributed by atoms with Gasteiger partial charge in [0.2, 0.25) is 5.91 Å². The predicted octanol–water partition coefficient (Wildman–Crippen LogP) is 2.54. The molecule has 1 aromatic rings. The second kappa shape index (κ2) is 5.87. The molecule has 0 aliphatic carbocycles. The van der Waals surface area contributed by atoms with Crippen molar-refractivity contribution < 1.29 is 4.79 Å². The fourth-order valence-electron chi connectivity index (χ4n) is 1.23. The molecule has 0 saturated carbocycles. The van der Waals surface area contributed by atoms with Gasteiger partial charge in [-0.05, 0) is 38.2 Å². The molecule has 0 aliphatic heterocycles. The van der Waals surface area contributed by atoms with Crippen LogP contribution >= 0.6 is 11.6 Å². The summed E-state index contributed by atoms with van der Waals surface area (Å²) in [5, 5.41) is 3.48. The number of nitrogens with zero attached hydrogens (tertiary/aromatic N) is 1. The van der Waals surface area contributed by atoms with Crippen molar-refractivity contribution >= 4 is 23.2 Å². The van der Waals surface area contributed by atoms with Crippen LogP contribution in [-0.4, -0.2) is 30.9 Å². The number of carbonyl (C=O) groups excluding carboxylic acids is 1. The number of benzene rings is 1. The lowest BCUT2D eigenvalue weighted by molar-refractivity contribution is -0.117. The molecule has 1 amide bonds. The Morgan fingerprint density at radius 1 is 1.50 bits per heavy atom. The van der Waals surface area contributed by atoms with Gasteiger partial charge in [-0.1, -0.05) is 24.6 Å². The highest BCUT2D eigenvalue weighted by atomic mass is 35.5. The predicted molar refractivity (Wildman–Crippen MR) is 68.0 cm³/mol. The molecule has 1 rings (SSSR count). The maximum absolute atomic E-state index is 11.6. The standard InChI is InChI=1S/C12H17ClN2O/c1-4-15(3)8-12(16)14-10-6-5-9(2)11(13)7-10/h5-7H,4,8H2,1-3H3,(H,14,16). The van der Waals surface area contributed by atoms with Crippen LogP contribution in [0.25, 0.3) is 0 Å². The first kappa shape index (κ1) is 13.0. The topological polar surface area (TPSA) is 32.3 Å². The average molecular weight is 241 g/mol. The fraction of sp³-hybridized carbons (Fsp3) is 0.417. The molecule has 0 atom stereocenters. The maximum Gasteiger partial charge on any atom is 0.238 e. The Labute approximate surface area is 101 Å². The Morgan fingerprint density at radius 3 is 2.75 bits per heavy atom. The highest BCUT2D eigenvalue weighted by molar-refractivity contribution is 6.31. The first-order valence-corrected chi connectivity index (χ1v) is 5.65. The molecule has 4 heteroatoms. The van der Waals surface area contributed by atoms with E-state index in [0.717, 1.165) is 17.8 Å². The van der Waals surface area contributed by atoms with E-state index in [0.29, 0.717) is 11.6 Å². The first-order chi connectivity index (χ1) is 7.52. The summed E-state index contributed by atoms with van der Waals surface area (Å²) in [6.07, 6.45) is 0. The van der Waals surface area contributed by atoms with Crippen molar-refractivity contribution in [1.82, 2.24) is 4.90 Å². The van der Waals surface area contributed by atoms with Gasteiger partial charge in [0.05, 0.1) is 6.54 Å². The summed E-state index contributed by atoms with van der Waals surface area (Å²) < 4.78 is 0. The summed E-state index contributed by atoms with van der Waals surface area (Å²) in [6.45, 7) is 5.18. The number of rotatable bonds is 4. The molecule has 0 fully saturated rings. The second-order valence-corrected chi connectivity index (χ2v) is 4.25. The van der Waals surface area contributed by atoms with Crippen molar-refractivity contribution in [2.45, 2.75) is 13.8 Å². The molecule has 0 spiro atoms. The molecule has 0 saturated heterocycles. The zero-order chi connectivity index (χ0) is 12.1. The summed E-state index contributed by atoms with van der Waals surface area (Å²) in [5.74, 6) is -0.0238. The van der Waals surface area contributed by atoms with E-state index in [1.807, 2.05) is 37.9 Å². The first-order valence-electron chi connectivity index (χ1n) is 5.27. The normalized spacial score (nSPS) is 10.6. The van der Waals surface area contributed by atoms with Crippen molar-refractivity contribution in [2.24, 2.45) is 0 Å². The van der Waals surface area contributed by atoms with E-state index < -0.39 is 0 Å². The summed E-state index contributed by atoms with van der Waals surface area (Å²) >= 11 is 5.97. The molecule has 0 aromatic heterocycles. The molecule has 0 heterocycles. The fourth-order valence-corrected chi connectivity index (χ4v) is 1.41. The lowest BCUT2D eigenvalue weighted by atomic mass is 10.2. The molecule has 1 N–H and O–H groups in total. The van der Waals surface area contributed by atoms with Gasteiger partial charge >= 0.3 is 0 Å². The van der Waals surface area contributed by atoms with Crippen LogP contribution < -0.4 is 5.32 Å². The van der Waals surface area contributed by atoms with E-state index in [4.69, 9.17) is 11.6 Å². The molecule has 0 unspecified atom stereocenters. The van der Waals surface area contributed by atoms with Gasteiger partial charge in [-0.15, -0.1) is 0 Å². The molecular weight excluding hydrogens is 224 g/mol. The summed E-state index contributed by atoms with van der Waals surface area (Å²) in [6, 6.07) is 5.51. The number of halogens is 1. The lowest BCUT2D eigenvalue weighted by Gasteiger charge is -2.13. The van der Waals surface area contributed by atoms with Crippen LogP contribution in [-0.2, 0) is 4.79 Å². The van der Waals surface area contributed by atoms with Crippen LogP contribution in [0, 0.1) is 6.92 Å². The molecular formula is C12H17ClN2O. The third-order valence-corrected chi connectivity index (χ3v) is 2.82. The maximum atomic E-state index is 11.6. The number of likely N-dealkylation sites (N-methyl/N-ethyl adjacent to an activating group) is 1. The molecule has 1 aromatic carbocycles. The van der Waals surface area contributed by atoms with Crippen molar-refractivity contribution in [3.8, 4) is 0 Å². The number of hydrogen-bond donors (Lipinski definition) is 1. The SMILES string of the molecule is CCN(C)CC(=O)Nc1ccc(C)c(Cl)c1. The Balaban J connectivity index is 2.59. The van der Waals surface area contributed by atoms with Gasteiger partial charge in [-0.25, -0.2) is 0 Å². The highest BCUT2D eigenvalue weighted by Gasteiger charge is 2.05. The third-order valence-electron chi connectivity index (χ3n) is 2.41. The smallest absolute Gasteiger partial charge is 0.238 e. The van der Waals surface area contributed by atoms with Gasteiger partial charge in [0, 0.05) is 10.7 Å². The number of amides is 1. The largest absolute Gasteiger partial charge is 0.325 e. The molecule has 0 aliphatic rings. The quantitative estimate of drug-likeness (QED) is 0.877. The highest BCUT2D eigenvalue weighted by Crippen LogP contribution is 2.19. The van der Waals surface area contributed by atoms with Gasteiger partial charge in [0.25, 0.3) is 0 Å². The van der Waals surface area contributed by atoms with Crippen molar-refractivity contribution in [3.05, 3.63) is 28.8 Å². The van der Waals surface area contributed by atoms with Gasteiger partial charge in [0.15, 0.2) is 0 Å². The monoisotopic (exact) mass is 240 g/mol. The van der Waals surface area contributed by atoms with Crippen molar-refractivity contribution in [1.29, 1.82) is 0 Å². The number of anilines is 1. The Bertz CT molecular complexity index is 379. The van der Waals surface area contributed by atoms with Crippen LogP contribution in [0.2, 0.25) is 5.02 Å². The zero-order valence-electron chi connectivity index (χ0n) is 9.88. The minimum atomic E-state index is -0.0238. The van der Waals surface area contributed by atoms with Crippen LogP contribution in [0.5, 0.6) is 0 Å². The van der Waals surface area contributed by atoms with Gasteiger partial charge < -0.3 is 5.32 Å². The van der Waals surface area contributed by atoms with Crippen molar-refractivity contribution in [3.63, 3.8) is 0 Å². The van der Waals surface area contributed by atoms with Crippen molar-refractivity contribution in [2.75, 3.05) is 25.5 Å². The summed E-state index contributed by atoms with van der Waals surface area (Å²) in [5.41, 5.74) is 1.75. The molecule has 0 radical (unpaired) electrons. The van der Waals surface area contributed by atoms with E-state index in [-0.39, 0.29) is 5.91 Å². The van der Waals surface area contributed by atoms with Gasteiger partial charge in [0.1, 0.15) is 0 Å². The average Bonchev–Trinajstić information content (AvgIpc) is 2.23. The number of nitrogens with one attached hydrogen (secondary N) is 1. The molecule has 3 nitrogen and oxygen atoms in total. The number of hydrogen-bond acceptors (Lipinski definition) is 2. The Hall–Kier alpha value is -1.06. The Morgan fingerprint density at radius 2 is 2.19 bits per heavy atom. The second-order valence-electron chi connectivity index (χ2n) is 3.84. The van der Waals surface area contributed by atoms with E-state index >= 15 is 0 Å². The van der Waals surface area contributed by atoms with Crippen LogP contribution in [0.4, 0.5) is 5.69 Å².